The van der Waals surface area contributed by atoms with Gasteiger partial charge in [0.25, 0.3) is 5.91 Å². The molecule has 0 aromatic carbocycles. The Labute approximate surface area is 93.3 Å². The van der Waals surface area contributed by atoms with Gasteiger partial charge >= 0.3 is 0 Å². The SMILES string of the molecule is CNCC1CCN(C(=O)c2cncs2)C1. The third-order valence-corrected chi connectivity index (χ3v) is 3.47. The number of nitrogens with zero attached hydrogens (tertiary/aromatic N) is 2. The molecule has 1 aromatic heterocycles. The zero-order chi connectivity index (χ0) is 10.7. The van der Waals surface area contributed by atoms with Crippen LogP contribution in [-0.4, -0.2) is 42.5 Å². The summed E-state index contributed by atoms with van der Waals surface area (Å²) in [6, 6.07) is 0. The van der Waals surface area contributed by atoms with E-state index in [1.165, 1.54) is 11.3 Å². The van der Waals surface area contributed by atoms with Crippen molar-refractivity contribution in [1.29, 1.82) is 0 Å². The number of thiazole rings is 1. The van der Waals surface area contributed by atoms with E-state index >= 15 is 0 Å². The molecular weight excluding hydrogens is 210 g/mol. The second-order valence-corrected chi connectivity index (χ2v) is 4.72. The van der Waals surface area contributed by atoms with Crippen LogP contribution in [0.25, 0.3) is 0 Å². The Morgan fingerprint density at radius 2 is 2.67 bits per heavy atom. The van der Waals surface area contributed by atoms with Crippen LogP contribution in [0.15, 0.2) is 11.7 Å². The largest absolute Gasteiger partial charge is 0.338 e. The third kappa shape index (κ3) is 2.35. The highest BCUT2D eigenvalue weighted by molar-refractivity contribution is 7.11. The number of aromatic nitrogens is 1. The number of hydrogen-bond donors (Lipinski definition) is 1. The van der Waals surface area contributed by atoms with Crippen molar-refractivity contribution in [3.05, 3.63) is 16.6 Å². The summed E-state index contributed by atoms with van der Waals surface area (Å²) in [6.07, 6.45) is 2.75. The quantitative estimate of drug-likeness (QED) is 0.828. The number of rotatable bonds is 3. The van der Waals surface area contributed by atoms with E-state index in [-0.39, 0.29) is 5.91 Å². The average Bonchev–Trinajstić information content (AvgIpc) is 2.87. The summed E-state index contributed by atoms with van der Waals surface area (Å²) in [6.45, 7) is 2.74. The molecule has 1 unspecified atom stereocenters. The fourth-order valence-corrected chi connectivity index (χ4v) is 2.54. The van der Waals surface area contributed by atoms with Crippen molar-refractivity contribution in [3.8, 4) is 0 Å². The summed E-state index contributed by atoms with van der Waals surface area (Å²) in [5.41, 5.74) is 1.70. The number of carbonyl (C=O) groups is 1. The molecule has 82 valence electrons. The zero-order valence-corrected chi connectivity index (χ0v) is 9.59. The first-order valence-corrected chi connectivity index (χ1v) is 6.01. The van der Waals surface area contributed by atoms with Crippen LogP contribution in [0.1, 0.15) is 16.1 Å². The molecule has 2 heterocycles. The van der Waals surface area contributed by atoms with Crippen LogP contribution in [0, 0.1) is 5.92 Å². The first-order valence-electron chi connectivity index (χ1n) is 5.13. The van der Waals surface area contributed by atoms with E-state index in [9.17, 15) is 4.79 Å². The van der Waals surface area contributed by atoms with Gasteiger partial charge in [0.15, 0.2) is 0 Å². The molecule has 1 aliphatic rings. The standard InChI is InChI=1S/C10H15N3OS/c1-11-4-8-2-3-13(6-8)10(14)9-5-12-7-15-9/h5,7-8,11H,2-4,6H2,1H3. The van der Waals surface area contributed by atoms with Gasteiger partial charge in [-0.05, 0) is 25.9 Å². The summed E-state index contributed by atoms with van der Waals surface area (Å²) in [7, 11) is 1.95. The minimum absolute atomic E-state index is 0.135. The Bertz CT molecular complexity index is 325. The summed E-state index contributed by atoms with van der Waals surface area (Å²) in [5, 5.41) is 3.16. The van der Waals surface area contributed by atoms with Gasteiger partial charge in [-0.3, -0.25) is 9.78 Å². The number of amides is 1. The van der Waals surface area contributed by atoms with E-state index in [0.29, 0.717) is 5.92 Å². The number of hydrogen-bond acceptors (Lipinski definition) is 4. The first-order chi connectivity index (χ1) is 7.31. The molecule has 1 aliphatic heterocycles. The van der Waals surface area contributed by atoms with Crippen molar-refractivity contribution in [2.75, 3.05) is 26.7 Å². The van der Waals surface area contributed by atoms with E-state index in [2.05, 4.69) is 10.3 Å². The average molecular weight is 225 g/mol. The normalized spacial score (nSPS) is 20.9. The topological polar surface area (TPSA) is 45.2 Å². The third-order valence-electron chi connectivity index (χ3n) is 2.71. The van der Waals surface area contributed by atoms with E-state index in [0.717, 1.165) is 30.9 Å². The van der Waals surface area contributed by atoms with Gasteiger partial charge in [0.05, 0.1) is 11.7 Å². The molecule has 1 N–H and O–H groups in total. The van der Waals surface area contributed by atoms with Crippen molar-refractivity contribution in [2.45, 2.75) is 6.42 Å². The van der Waals surface area contributed by atoms with Gasteiger partial charge in [-0.25, -0.2) is 0 Å². The number of nitrogens with one attached hydrogen (secondary N) is 1. The molecule has 4 nitrogen and oxygen atoms in total. The second-order valence-electron chi connectivity index (χ2n) is 3.83. The molecule has 1 aromatic rings. The van der Waals surface area contributed by atoms with Gasteiger partial charge in [0, 0.05) is 13.1 Å². The lowest BCUT2D eigenvalue weighted by Crippen LogP contribution is -2.29. The maximum atomic E-state index is 11.9. The summed E-state index contributed by atoms with van der Waals surface area (Å²) in [4.78, 5) is 18.5. The molecule has 5 heteroatoms. The molecule has 0 radical (unpaired) electrons. The molecule has 0 bridgehead atoms. The van der Waals surface area contributed by atoms with Crippen molar-refractivity contribution >= 4 is 17.2 Å². The fraction of sp³-hybridized carbons (Fsp3) is 0.600. The molecule has 0 aliphatic carbocycles. The van der Waals surface area contributed by atoms with Crippen LogP contribution in [0.5, 0.6) is 0 Å². The van der Waals surface area contributed by atoms with Crippen molar-refractivity contribution < 1.29 is 4.79 Å². The van der Waals surface area contributed by atoms with Crippen LogP contribution in [0.3, 0.4) is 0 Å². The monoisotopic (exact) mass is 225 g/mol. The highest BCUT2D eigenvalue weighted by Gasteiger charge is 2.26. The smallest absolute Gasteiger partial charge is 0.265 e. The Morgan fingerprint density at radius 1 is 1.80 bits per heavy atom. The van der Waals surface area contributed by atoms with E-state index in [1.807, 2.05) is 11.9 Å². The zero-order valence-electron chi connectivity index (χ0n) is 8.77. The lowest BCUT2D eigenvalue weighted by atomic mass is 10.1. The predicted octanol–water partition coefficient (Wildman–Crippen LogP) is 0.825. The molecule has 0 saturated carbocycles. The van der Waals surface area contributed by atoms with Crippen LogP contribution >= 0.6 is 11.3 Å². The van der Waals surface area contributed by atoms with Crippen LogP contribution in [0.2, 0.25) is 0 Å². The van der Waals surface area contributed by atoms with E-state index < -0.39 is 0 Å². The minimum Gasteiger partial charge on any atom is -0.338 e. The number of carbonyl (C=O) groups excluding carboxylic acids is 1. The van der Waals surface area contributed by atoms with Crippen molar-refractivity contribution in [1.82, 2.24) is 15.2 Å². The molecule has 2 rings (SSSR count). The van der Waals surface area contributed by atoms with Crippen LogP contribution in [0.4, 0.5) is 0 Å². The molecular formula is C10H15N3OS. The summed E-state index contributed by atoms with van der Waals surface area (Å²) in [5.74, 6) is 0.739. The Balaban J connectivity index is 1.93. The molecule has 1 amide bonds. The number of likely N-dealkylation sites (tertiary alicyclic amines) is 1. The van der Waals surface area contributed by atoms with Gasteiger partial charge in [-0.1, -0.05) is 0 Å². The van der Waals surface area contributed by atoms with E-state index in [1.54, 1.807) is 11.7 Å². The lowest BCUT2D eigenvalue weighted by molar-refractivity contribution is 0.0792. The first kappa shape index (κ1) is 10.6. The van der Waals surface area contributed by atoms with Gasteiger partial charge in [-0.15, -0.1) is 11.3 Å². The van der Waals surface area contributed by atoms with Crippen LogP contribution < -0.4 is 5.32 Å². The lowest BCUT2D eigenvalue weighted by Gasteiger charge is -2.15. The second kappa shape index (κ2) is 4.72. The highest BCUT2D eigenvalue weighted by Crippen LogP contribution is 2.19. The van der Waals surface area contributed by atoms with Crippen molar-refractivity contribution in [3.63, 3.8) is 0 Å². The van der Waals surface area contributed by atoms with Gasteiger partial charge in [-0.2, -0.15) is 0 Å². The van der Waals surface area contributed by atoms with E-state index in [4.69, 9.17) is 0 Å². The maximum absolute atomic E-state index is 11.9. The molecule has 1 fully saturated rings. The molecule has 1 atom stereocenters. The Kier molecular flexibility index (Phi) is 3.33. The Morgan fingerprint density at radius 3 is 3.33 bits per heavy atom. The van der Waals surface area contributed by atoms with Gasteiger partial charge in [0.1, 0.15) is 4.88 Å². The fourth-order valence-electron chi connectivity index (χ4n) is 1.95. The van der Waals surface area contributed by atoms with Gasteiger partial charge < -0.3 is 10.2 Å². The molecule has 15 heavy (non-hydrogen) atoms. The molecule has 1 saturated heterocycles. The predicted molar refractivity (Wildman–Crippen MR) is 60.1 cm³/mol. The molecule has 0 spiro atoms. The maximum Gasteiger partial charge on any atom is 0.265 e. The highest BCUT2D eigenvalue weighted by atomic mass is 32.1. The Hall–Kier alpha value is -0.940. The van der Waals surface area contributed by atoms with Gasteiger partial charge in [0.2, 0.25) is 0 Å². The van der Waals surface area contributed by atoms with Crippen molar-refractivity contribution in [2.24, 2.45) is 5.92 Å². The van der Waals surface area contributed by atoms with Crippen LogP contribution in [-0.2, 0) is 0 Å². The minimum atomic E-state index is 0.135. The summed E-state index contributed by atoms with van der Waals surface area (Å²) >= 11 is 1.41. The summed E-state index contributed by atoms with van der Waals surface area (Å²) < 4.78 is 0.